The first-order valence-electron chi connectivity index (χ1n) is 7.14. The van der Waals surface area contributed by atoms with E-state index < -0.39 is 11.7 Å². The standard InChI is InChI=1S/C14H16F3N5O/c1-9-19-13(23-20-9)11-8-22(7-6-21(11)2)12-10(14(15,16)17)4-3-5-18-12/h3-5,11H,6-8H2,1-2H3/t11-/m1/s1. The number of halogens is 3. The lowest BCUT2D eigenvalue weighted by atomic mass is 10.1. The third kappa shape index (κ3) is 3.14. The molecule has 1 aliphatic rings. The van der Waals surface area contributed by atoms with E-state index in [2.05, 4.69) is 15.1 Å². The molecule has 124 valence electrons. The van der Waals surface area contributed by atoms with Gasteiger partial charge in [0.1, 0.15) is 11.9 Å². The Balaban J connectivity index is 1.90. The fourth-order valence-corrected chi connectivity index (χ4v) is 2.65. The third-order valence-corrected chi connectivity index (χ3v) is 3.87. The van der Waals surface area contributed by atoms with Crippen LogP contribution in [0.5, 0.6) is 0 Å². The number of rotatable bonds is 2. The van der Waals surface area contributed by atoms with Crippen LogP contribution in [0.3, 0.4) is 0 Å². The van der Waals surface area contributed by atoms with Gasteiger partial charge < -0.3 is 9.42 Å². The van der Waals surface area contributed by atoms with Crippen molar-refractivity contribution in [3.63, 3.8) is 0 Å². The quantitative estimate of drug-likeness (QED) is 0.843. The summed E-state index contributed by atoms with van der Waals surface area (Å²) in [6.07, 6.45) is -3.07. The molecule has 6 nitrogen and oxygen atoms in total. The summed E-state index contributed by atoms with van der Waals surface area (Å²) >= 11 is 0. The monoisotopic (exact) mass is 327 g/mol. The van der Waals surface area contributed by atoms with Crippen LogP contribution in [-0.2, 0) is 6.18 Å². The first-order valence-corrected chi connectivity index (χ1v) is 7.14. The minimum atomic E-state index is -4.44. The van der Waals surface area contributed by atoms with E-state index in [1.54, 1.807) is 11.8 Å². The van der Waals surface area contributed by atoms with Gasteiger partial charge in [0.25, 0.3) is 0 Å². The first-order chi connectivity index (χ1) is 10.9. The summed E-state index contributed by atoms with van der Waals surface area (Å²) in [6, 6.07) is 2.07. The second kappa shape index (κ2) is 5.80. The van der Waals surface area contributed by atoms with Crippen molar-refractivity contribution in [2.45, 2.75) is 19.1 Å². The summed E-state index contributed by atoms with van der Waals surface area (Å²) in [7, 11) is 1.88. The molecule has 2 aromatic rings. The Morgan fingerprint density at radius 2 is 2.09 bits per heavy atom. The maximum absolute atomic E-state index is 13.2. The molecule has 3 rings (SSSR count). The Bertz CT molecular complexity index is 687. The van der Waals surface area contributed by atoms with E-state index in [0.717, 1.165) is 6.07 Å². The van der Waals surface area contributed by atoms with E-state index in [0.29, 0.717) is 31.3 Å². The Kier molecular flexibility index (Phi) is 3.97. The molecule has 1 saturated heterocycles. The predicted molar refractivity (Wildman–Crippen MR) is 75.9 cm³/mol. The highest BCUT2D eigenvalue weighted by molar-refractivity contribution is 5.49. The number of hydrogen-bond donors (Lipinski definition) is 0. The van der Waals surface area contributed by atoms with Gasteiger partial charge in [-0.2, -0.15) is 18.2 Å². The molecule has 0 radical (unpaired) electrons. The Morgan fingerprint density at radius 1 is 1.30 bits per heavy atom. The molecule has 0 saturated carbocycles. The number of pyridine rings is 1. The van der Waals surface area contributed by atoms with Gasteiger partial charge in [-0.25, -0.2) is 4.98 Å². The molecular formula is C14H16F3N5O. The summed E-state index contributed by atoms with van der Waals surface area (Å²) in [6.45, 7) is 3.02. The van der Waals surface area contributed by atoms with Gasteiger partial charge in [-0.05, 0) is 26.1 Å². The SMILES string of the molecule is Cc1noc([C@H]2CN(c3ncccc3C(F)(F)F)CCN2C)n1. The molecule has 1 atom stereocenters. The summed E-state index contributed by atoms with van der Waals surface area (Å²) in [4.78, 5) is 11.7. The minimum Gasteiger partial charge on any atom is -0.353 e. The zero-order chi connectivity index (χ0) is 16.6. The topological polar surface area (TPSA) is 58.3 Å². The summed E-state index contributed by atoms with van der Waals surface area (Å²) in [5.74, 6) is 0.841. The largest absolute Gasteiger partial charge is 0.419 e. The predicted octanol–water partition coefficient (Wildman–Crippen LogP) is 2.28. The van der Waals surface area contributed by atoms with Crippen LogP contribution in [-0.4, -0.2) is 46.7 Å². The van der Waals surface area contributed by atoms with Crippen molar-refractivity contribution in [2.75, 3.05) is 31.6 Å². The average molecular weight is 327 g/mol. The van der Waals surface area contributed by atoms with E-state index in [1.807, 2.05) is 11.9 Å². The number of likely N-dealkylation sites (N-methyl/N-ethyl adjacent to an activating group) is 1. The van der Waals surface area contributed by atoms with Gasteiger partial charge in [0, 0.05) is 25.8 Å². The first kappa shape index (κ1) is 15.7. The van der Waals surface area contributed by atoms with Crippen molar-refractivity contribution < 1.29 is 17.7 Å². The van der Waals surface area contributed by atoms with Crippen LogP contribution in [0.2, 0.25) is 0 Å². The Labute approximate surface area is 130 Å². The van der Waals surface area contributed by atoms with E-state index >= 15 is 0 Å². The molecule has 0 amide bonds. The molecule has 1 fully saturated rings. The Hall–Kier alpha value is -2.16. The number of piperazine rings is 1. The zero-order valence-corrected chi connectivity index (χ0v) is 12.7. The summed E-state index contributed by atoms with van der Waals surface area (Å²) in [5.41, 5.74) is -0.731. The molecule has 23 heavy (non-hydrogen) atoms. The van der Waals surface area contributed by atoms with Crippen LogP contribution in [0.1, 0.15) is 23.3 Å². The number of alkyl halides is 3. The molecule has 2 aromatic heterocycles. The number of hydrogen-bond acceptors (Lipinski definition) is 6. The molecule has 0 spiro atoms. The van der Waals surface area contributed by atoms with Gasteiger partial charge in [-0.3, -0.25) is 4.90 Å². The molecule has 3 heterocycles. The van der Waals surface area contributed by atoms with Gasteiger partial charge in [0.2, 0.25) is 5.89 Å². The summed E-state index contributed by atoms with van der Waals surface area (Å²) in [5, 5.41) is 3.75. The number of nitrogens with zero attached hydrogens (tertiary/aromatic N) is 5. The molecule has 0 bridgehead atoms. The third-order valence-electron chi connectivity index (χ3n) is 3.87. The van der Waals surface area contributed by atoms with Crippen LogP contribution < -0.4 is 4.90 Å². The van der Waals surface area contributed by atoms with Crippen LogP contribution in [0, 0.1) is 6.92 Å². The van der Waals surface area contributed by atoms with Gasteiger partial charge >= 0.3 is 6.18 Å². The lowest BCUT2D eigenvalue weighted by molar-refractivity contribution is -0.137. The van der Waals surface area contributed by atoms with E-state index in [9.17, 15) is 13.2 Å². The fourth-order valence-electron chi connectivity index (χ4n) is 2.65. The molecular weight excluding hydrogens is 311 g/mol. The van der Waals surface area contributed by atoms with Crippen molar-refractivity contribution in [3.8, 4) is 0 Å². The van der Waals surface area contributed by atoms with Gasteiger partial charge in [0.05, 0.1) is 5.56 Å². The summed E-state index contributed by atoms with van der Waals surface area (Å²) < 4.78 is 44.7. The maximum Gasteiger partial charge on any atom is 0.419 e. The molecule has 0 aliphatic carbocycles. The normalized spacial score (nSPS) is 20.0. The van der Waals surface area contributed by atoms with Gasteiger partial charge in [-0.1, -0.05) is 5.16 Å². The van der Waals surface area contributed by atoms with Crippen molar-refractivity contribution >= 4 is 5.82 Å². The zero-order valence-electron chi connectivity index (χ0n) is 12.7. The molecule has 0 N–H and O–H groups in total. The highest BCUT2D eigenvalue weighted by atomic mass is 19.4. The highest BCUT2D eigenvalue weighted by Crippen LogP contribution is 2.36. The number of aromatic nitrogens is 3. The molecule has 0 unspecified atom stereocenters. The number of anilines is 1. The molecule has 0 aromatic carbocycles. The average Bonchev–Trinajstić information content (AvgIpc) is 2.93. The lowest BCUT2D eigenvalue weighted by Gasteiger charge is -2.38. The fraction of sp³-hybridized carbons (Fsp3) is 0.500. The molecule has 1 aliphatic heterocycles. The minimum absolute atomic E-state index is 0.0608. The van der Waals surface area contributed by atoms with E-state index in [1.165, 1.54) is 12.3 Å². The van der Waals surface area contributed by atoms with Crippen LogP contribution >= 0.6 is 0 Å². The highest BCUT2D eigenvalue weighted by Gasteiger charge is 2.38. The second-order valence-corrected chi connectivity index (χ2v) is 5.49. The van der Waals surface area contributed by atoms with Gasteiger partial charge in [0.15, 0.2) is 5.82 Å². The van der Waals surface area contributed by atoms with Gasteiger partial charge in [-0.15, -0.1) is 0 Å². The van der Waals surface area contributed by atoms with E-state index in [4.69, 9.17) is 4.52 Å². The van der Waals surface area contributed by atoms with Crippen molar-refractivity contribution in [3.05, 3.63) is 35.6 Å². The number of aryl methyl sites for hydroxylation is 1. The maximum atomic E-state index is 13.2. The Morgan fingerprint density at radius 3 is 2.74 bits per heavy atom. The van der Waals surface area contributed by atoms with Crippen molar-refractivity contribution in [2.24, 2.45) is 0 Å². The smallest absolute Gasteiger partial charge is 0.353 e. The van der Waals surface area contributed by atoms with Crippen LogP contribution in [0.15, 0.2) is 22.9 Å². The van der Waals surface area contributed by atoms with Crippen molar-refractivity contribution in [1.82, 2.24) is 20.0 Å². The second-order valence-electron chi connectivity index (χ2n) is 5.49. The molecule has 9 heteroatoms. The lowest BCUT2D eigenvalue weighted by Crippen LogP contribution is -2.47. The van der Waals surface area contributed by atoms with E-state index in [-0.39, 0.29) is 11.9 Å². The van der Waals surface area contributed by atoms with Crippen molar-refractivity contribution in [1.29, 1.82) is 0 Å². The van der Waals surface area contributed by atoms with Crippen LogP contribution in [0.4, 0.5) is 19.0 Å². The van der Waals surface area contributed by atoms with Crippen LogP contribution in [0.25, 0.3) is 0 Å².